The maximum atomic E-state index is 5.45. The average molecular weight is 226 g/mol. The first-order chi connectivity index (χ1) is 7.40. The van der Waals surface area contributed by atoms with Gasteiger partial charge < -0.3 is 10.1 Å². The monoisotopic (exact) mass is 226 g/mol. The molecule has 0 saturated carbocycles. The van der Waals surface area contributed by atoms with Crippen LogP contribution in [-0.4, -0.2) is 30.8 Å². The summed E-state index contributed by atoms with van der Waals surface area (Å²) in [4.78, 5) is 4.35. The molecule has 1 aromatic rings. The number of rotatable bonds is 5. The van der Waals surface area contributed by atoms with E-state index in [9.17, 15) is 0 Å². The molecular formula is C11H18N2OS. The van der Waals surface area contributed by atoms with Crippen LogP contribution in [0.4, 0.5) is 0 Å². The Morgan fingerprint density at radius 1 is 1.73 bits per heavy atom. The van der Waals surface area contributed by atoms with Crippen LogP contribution in [0.3, 0.4) is 0 Å². The molecule has 2 unspecified atom stereocenters. The lowest BCUT2D eigenvalue weighted by Gasteiger charge is -2.22. The van der Waals surface area contributed by atoms with E-state index in [-0.39, 0.29) is 0 Å². The summed E-state index contributed by atoms with van der Waals surface area (Å²) >= 11 is 1.74. The predicted octanol–water partition coefficient (Wildman–Crippen LogP) is 1.70. The average Bonchev–Trinajstić information content (AvgIpc) is 2.89. The van der Waals surface area contributed by atoms with Crippen LogP contribution in [-0.2, 0) is 11.2 Å². The fourth-order valence-electron chi connectivity index (χ4n) is 2.08. The largest absolute Gasteiger partial charge is 0.381 e. The van der Waals surface area contributed by atoms with Crippen molar-refractivity contribution in [3.8, 4) is 0 Å². The predicted molar refractivity (Wildman–Crippen MR) is 62.2 cm³/mol. The summed E-state index contributed by atoms with van der Waals surface area (Å²) in [5, 5.41) is 6.82. The van der Waals surface area contributed by atoms with Crippen molar-refractivity contribution >= 4 is 11.3 Å². The highest BCUT2D eigenvalue weighted by Gasteiger charge is 2.25. The summed E-state index contributed by atoms with van der Waals surface area (Å²) in [5.74, 6) is 0.661. The molecule has 1 saturated heterocycles. The Labute approximate surface area is 94.9 Å². The van der Waals surface area contributed by atoms with Gasteiger partial charge in [0.15, 0.2) is 0 Å². The van der Waals surface area contributed by atoms with Crippen molar-refractivity contribution in [3.63, 3.8) is 0 Å². The standard InChI is InChI=1S/C11H18N2OS/c1-2-12-10(9-3-5-14-8-9)7-11-13-4-6-15-11/h4,6,9-10,12H,2-3,5,7-8H2,1H3. The van der Waals surface area contributed by atoms with Crippen LogP contribution in [0.5, 0.6) is 0 Å². The van der Waals surface area contributed by atoms with Crippen molar-refractivity contribution in [3.05, 3.63) is 16.6 Å². The summed E-state index contributed by atoms with van der Waals surface area (Å²) in [6.45, 7) is 5.00. The van der Waals surface area contributed by atoms with Gasteiger partial charge in [0.2, 0.25) is 0 Å². The highest BCUT2D eigenvalue weighted by atomic mass is 32.1. The SMILES string of the molecule is CCNC(Cc1nccs1)C1CCOC1. The van der Waals surface area contributed by atoms with Gasteiger partial charge in [-0.2, -0.15) is 0 Å². The van der Waals surface area contributed by atoms with Crippen LogP contribution in [0, 0.1) is 5.92 Å². The van der Waals surface area contributed by atoms with Crippen LogP contribution >= 0.6 is 11.3 Å². The quantitative estimate of drug-likeness (QED) is 0.830. The zero-order valence-electron chi connectivity index (χ0n) is 9.11. The van der Waals surface area contributed by atoms with Gasteiger partial charge in [0, 0.05) is 36.6 Å². The zero-order valence-corrected chi connectivity index (χ0v) is 9.93. The number of nitrogens with zero attached hydrogens (tertiary/aromatic N) is 1. The van der Waals surface area contributed by atoms with E-state index in [1.807, 2.05) is 11.6 Å². The van der Waals surface area contributed by atoms with Crippen LogP contribution in [0.25, 0.3) is 0 Å². The van der Waals surface area contributed by atoms with Gasteiger partial charge in [-0.05, 0) is 13.0 Å². The van der Waals surface area contributed by atoms with Crippen molar-refractivity contribution < 1.29 is 4.74 Å². The first kappa shape index (κ1) is 11.0. The van der Waals surface area contributed by atoms with Crippen molar-refractivity contribution in [2.75, 3.05) is 19.8 Å². The smallest absolute Gasteiger partial charge is 0.0940 e. The maximum absolute atomic E-state index is 5.45. The molecule has 1 fully saturated rings. The van der Waals surface area contributed by atoms with Crippen LogP contribution in [0.15, 0.2) is 11.6 Å². The molecule has 3 nitrogen and oxygen atoms in total. The molecule has 2 atom stereocenters. The van der Waals surface area contributed by atoms with Gasteiger partial charge in [0.05, 0.1) is 11.6 Å². The summed E-state index contributed by atoms with van der Waals surface area (Å²) in [5.41, 5.74) is 0. The Bertz CT molecular complexity index is 270. The van der Waals surface area contributed by atoms with Gasteiger partial charge in [0.25, 0.3) is 0 Å². The van der Waals surface area contributed by atoms with E-state index < -0.39 is 0 Å². The second-order valence-electron chi connectivity index (χ2n) is 3.92. The number of thiazole rings is 1. The Morgan fingerprint density at radius 3 is 3.27 bits per heavy atom. The Hall–Kier alpha value is -0.450. The van der Waals surface area contributed by atoms with Crippen LogP contribution in [0.1, 0.15) is 18.4 Å². The van der Waals surface area contributed by atoms with Gasteiger partial charge in [0.1, 0.15) is 0 Å². The molecule has 84 valence electrons. The minimum absolute atomic E-state index is 0.531. The fraction of sp³-hybridized carbons (Fsp3) is 0.727. The molecule has 1 aliphatic rings. The normalized spacial score (nSPS) is 23.1. The molecule has 0 aromatic carbocycles. The second-order valence-corrected chi connectivity index (χ2v) is 4.90. The van der Waals surface area contributed by atoms with Gasteiger partial charge in [-0.3, -0.25) is 0 Å². The maximum Gasteiger partial charge on any atom is 0.0940 e. The molecule has 4 heteroatoms. The van der Waals surface area contributed by atoms with E-state index in [1.54, 1.807) is 11.3 Å². The molecule has 0 bridgehead atoms. The molecule has 1 aromatic heterocycles. The van der Waals surface area contributed by atoms with E-state index in [0.29, 0.717) is 12.0 Å². The third kappa shape index (κ3) is 3.00. The van der Waals surface area contributed by atoms with E-state index in [0.717, 1.165) is 26.2 Å². The molecular weight excluding hydrogens is 208 g/mol. The number of aromatic nitrogens is 1. The number of nitrogens with one attached hydrogen (secondary N) is 1. The molecule has 15 heavy (non-hydrogen) atoms. The third-order valence-corrected chi connectivity index (χ3v) is 3.68. The van der Waals surface area contributed by atoms with Crippen molar-refractivity contribution in [1.29, 1.82) is 0 Å². The Morgan fingerprint density at radius 2 is 2.67 bits per heavy atom. The van der Waals surface area contributed by atoms with E-state index >= 15 is 0 Å². The van der Waals surface area contributed by atoms with Gasteiger partial charge in [-0.25, -0.2) is 4.98 Å². The summed E-state index contributed by atoms with van der Waals surface area (Å²) in [7, 11) is 0. The molecule has 1 aliphatic heterocycles. The van der Waals surface area contributed by atoms with Gasteiger partial charge >= 0.3 is 0 Å². The highest BCUT2D eigenvalue weighted by molar-refractivity contribution is 7.09. The lowest BCUT2D eigenvalue weighted by molar-refractivity contribution is 0.176. The molecule has 0 amide bonds. The van der Waals surface area contributed by atoms with Gasteiger partial charge in [-0.1, -0.05) is 6.92 Å². The minimum atomic E-state index is 0.531. The van der Waals surface area contributed by atoms with Crippen molar-refractivity contribution in [2.24, 2.45) is 5.92 Å². The first-order valence-corrected chi connectivity index (χ1v) is 6.47. The fourth-order valence-corrected chi connectivity index (χ4v) is 2.76. The number of likely N-dealkylation sites (N-methyl/N-ethyl adjacent to an activating group) is 1. The molecule has 0 aliphatic carbocycles. The lowest BCUT2D eigenvalue weighted by Crippen LogP contribution is -2.38. The molecule has 0 radical (unpaired) electrons. The van der Waals surface area contributed by atoms with E-state index in [2.05, 4.69) is 17.2 Å². The Balaban J connectivity index is 1.93. The zero-order chi connectivity index (χ0) is 10.5. The number of hydrogen-bond donors (Lipinski definition) is 1. The molecule has 2 heterocycles. The summed E-state index contributed by atoms with van der Waals surface area (Å²) in [6.07, 6.45) is 4.11. The van der Waals surface area contributed by atoms with Crippen LogP contribution < -0.4 is 5.32 Å². The number of hydrogen-bond acceptors (Lipinski definition) is 4. The van der Waals surface area contributed by atoms with Crippen molar-refractivity contribution in [1.82, 2.24) is 10.3 Å². The first-order valence-electron chi connectivity index (χ1n) is 5.59. The van der Waals surface area contributed by atoms with Crippen LogP contribution in [0.2, 0.25) is 0 Å². The summed E-state index contributed by atoms with van der Waals surface area (Å²) in [6, 6.07) is 0.531. The van der Waals surface area contributed by atoms with Gasteiger partial charge in [-0.15, -0.1) is 11.3 Å². The topological polar surface area (TPSA) is 34.2 Å². The molecule has 1 N–H and O–H groups in total. The van der Waals surface area contributed by atoms with Crippen molar-refractivity contribution in [2.45, 2.75) is 25.8 Å². The minimum Gasteiger partial charge on any atom is -0.381 e. The Kier molecular flexibility index (Phi) is 4.11. The lowest BCUT2D eigenvalue weighted by atomic mass is 9.96. The van der Waals surface area contributed by atoms with E-state index in [4.69, 9.17) is 4.74 Å². The van der Waals surface area contributed by atoms with E-state index in [1.165, 1.54) is 11.4 Å². The third-order valence-electron chi connectivity index (χ3n) is 2.88. The number of ether oxygens (including phenoxy) is 1. The molecule has 2 rings (SSSR count). The molecule has 0 spiro atoms. The summed E-state index contributed by atoms with van der Waals surface area (Å²) < 4.78 is 5.45. The second kappa shape index (κ2) is 5.58. The highest BCUT2D eigenvalue weighted by Crippen LogP contribution is 2.20.